The number of carbonyl (C=O) groups is 1. The lowest BCUT2D eigenvalue weighted by molar-refractivity contribution is -0.132. The average molecular weight is 374 g/mol. The van der Waals surface area contributed by atoms with E-state index in [9.17, 15) is 4.79 Å². The SMILES string of the molecule is Cc1cccc(-n2nnnc2S[C@@H](C)C(=O)N2C[C@@H](C)C[C@H](C)C2)c1C. The lowest BCUT2D eigenvalue weighted by atomic mass is 9.92. The molecular weight excluding hydrogens is 346 g/mol. The van der Waals surface area contributed by atoms with Gasteiger partial charge in [-0.15, -0.1) is 5.10 Å². The van der Waals surface area contributed by atoms with Gasteiger partial charge >= 0.3 is 0 Å². The number of benzene rings is 1. The van der Waals surface area contributed by atoms with Crippen molar-refractivity contribution in [1.29, 1.82) is 0 Å². The highest BCUT2D eigenvalue weighted by Gasteiger charge is 2.29. The summed E-state index contributed by atoms with van der Waals surface area (Å²) in [6, 6.07) is 6.07. The molecule has 1 saturated heterocycles. The Morgan fingerprint density at radius 1 is 1.23 bits per heavy atom. The minimum atomic E-state index is -0.220. The van der Waals surface area contributed by atoms with Crippen LogP contribution in [0.2, 0.25) is 0 Å². The van der Waals surface area contributed by atoms with Gasteiger partial charge in [0.25, 0.3) is 0 Å². The van der Waals surface area contributed by atoms with E-state index in [1.54, 1.807) is 4.68 Å². The molecule has 7 heteroatoms. The maximum atomic E-state index is 12.9. The predicted octanol–water partition coefficient (Wildman–Crippen LogP) is 3.26. The Morgan fingerprint density at radius 2 is 1.92 bits per heavy atom. The summed E-state index contributed by atoms with van der Waals surface area (Å²) in [5, 5.41) is 12.6. The van der Waals surface area contributed by atoms with E-state index in [-0.39, 0.29) is 11.2 Å². The topological polar surface area (TPSA) is 63.9 Å². The number of aryl methyl sites for hydroxylation is 1. The summed E-state index contributed by atoms with van der Waals surface area (Å²) in [4.78, 5) is 14.9. The van der Waals surface area contributed by atoms with E-state index in [4.69, 9.17) is 0 Å². The van der Waals surface area contributed by atoms with E-state index < -0.39 is 0 Å². The van der Waals surface area contributed by atoms with Crippen LogP contribution in [0.3, 0.4) is 0 Å². The van der Waals surface area contributed by atoms with Gasteiger partial charge in [0.2, 0.25) is 11.1 Å². The van der Waals surface area contributed by atoms with Gasteiger partial charge in [-0.05, 0) is 66.6 Å². The van der Waals surface area contributed by atoms with Gasteiger partial charge in [0.05, 0.1) is 10.9 Å². The molecule has 3 rings (SSSR count). The van der Waals surface area contributed by atoms with Crippen molar-refractivity contribution < 1.29 is 4.79 Å². The predicted molar refractivity (Wildman–Crippen MR) is 103 cm³/mol. The Labute approximate surface area is 159 Å². The Morgan fingerprint density at radius 3 is 2.62 bits per heavy atom. The summed E-state index contributed by atoms with van der Waals surface area (Å²) in [5.74, 6) is 1.28. The second-order valence-electron chi connectivity index (χ2n) is 7.54. The van der Waals surface area contributed by atoms with Crippen molar-refractivity contribution in [1.82, 2.24) is 25.1 Å². The fourth-order valence-corrected chi connectivity index (χ4v) is 4.56. The van der Waals surface area contributed by atoms with Crippen molar-refractivity contribution in [3.05, 3.63) is 29.3 Å². The molecule has 0 saturated carbocycles. The van der Waals surface area contributed by atoms with Gasteiger partial charge in [-0.2, -0.15) is 4.68 Å². The summed E-state index contributed by atoms with van der Waals surface area (Å²) >= 11 is 1.43. The first-order valence-electron chi connectivity index (χ1n) is 9.17. The molecule has 0 bridgehead atoms. The molecule has 1 amide bonds. The van der Waals surface area contributed by atoms with Crippen LogP contribution in [-0.2, 0) is 4.79 Å². The highest BCUT2D eigenvalue weighted by atomic mass is 32.2. The molecule has 2 heterocycles. The number of nitrogens with zero attached hydrogens (tertiary/aromatic N) is 5. The van der Waals surface area contributed by atoms with Crippen LogP contribution >= 0.6 is 11.8 Å². The molecule has 1 fully saturated rings. The van der Waals surface area contributed by atoms with Crippen molar-refractivity contribution in [3.63, 3.8) is 0 Å². The summed E-state index contributed by atoms with van der Waals surface area (Å²) in [5.41, 5.74) is 3.28. The van der Waals surface area contributed by atoms with Crippen LogP contribution in [0.5, 0.6) is 0 Å². The normalized spacial score (nSPS) is 21.7. The molecule has 0 spiro atoms. The molecule has 0 radical (unpaired) electrons. The fourth-order valence-electron chi connectivity index (χ4n) is 3.68. The lowest BCUT2D eigenvalue weighted by Crippen LogP contribution is -2.45. The number of carbonyl (C=O) groups excluding carboxylic acids is 1. The van der Waals surface area contributed by atoms with Crippen molar-refractivity contribution in [2.75, 3.05) is 13.1 Å². The molecule has 6 nitrogen and oxygen atoms in total. The standard InChI is InChI=1S/C19H27N5OS/c1-12-9-13(2)11-23(10-12)18(25)16(5)26-19-20-21-22-24(19)17-8-6-7-14(3)15(17)4/h6-8,12-13,16H,9-11H2,1-5H3/t12-,13-,16-/m0/s1. The molecule has 140 valence electrons. The van der Waals surface area contributed by atoms with Gasteiger partial charge in [0, 0.05) is 13.1 Å². The lowest BCUT2D eigenvalue weighted by Gasteiger charge is -2.36. The van der Waals surface area contributed by atoms with E-state index >= 15 is 0 Å². The minimum Gasteiger partial charge on any atom is -0.341 e. The summed E-state index contributed by atoms with van der Waals surface area (Å²) < 4.78 is 1.73. The highest BCUT2D eigenvalue weighted by Crippen LogP contribution is 2.28. The van der Waals surface area contributed by atoms with Crippen LogP contribution < -0.4 is 0 Å². The number of aromatic nitrogens is 4. The van der Waals surface area contributed by atoms with E-state index in [0.717, 1.165) is 24.3 Å². The molecule has 0 unspecified atom stereocenters. The van der Waals surface area contributed by atoms with E-state index in [2.05, 4.69) is 49.3 Å². The third-order valence-corrected chi connectivity index (χ3v) is 6.08. The second-order valence-corrected chi connectivity index (χ2v) is 8.85. The second kappa shape index (κ2) is 7.78. The molecule has 1 aliphatic heterocycles. The molecule has 26 heavy (non-hydrogen) atoms. The fraction of sp³-hybridized carbons (Fsp3) is 0.579. The summed E-state index contributed by atoms with van der Waals surface area (Å²) in [7, 11) is 0. The zero-order chi connectivity index (χ0) is 18.8. The highest BCUT2D eigenvalue weighted by molar-refractivity contribution is 8.00. The molecular formula is C19H27N5OS. The van der Waals surface area contributed by atoms with Crippen LogP contribution in [-0.4, -0.2) is 49.4 Å². The number of hydrogen-bond acceptors (Lipinski definition) is 5. The van der Waals surface area contributed by atoms with Crippen molar-refractivity contribution in [2.45, 2.75) is 51.4 Å². The first-order valence-corrected chi connectivity index (χ1v) is 10.0. The van der Waals surface area contributed by atoms with E-state index in [1.807, 2.05) is 24.0 Å². The number of hydrogen-bond donors (Lipinski definition) is 0. The van der Waals surface area contributed by atoms with Crippen LogP contribution in [0, 0.1) is 25.7 Å². The smallest absolute Gasteiger partial charge is 0.235 e. The Kier molecular flexibility index (Phi) is 5.65. The molecule has 1 aromatic heterocycles. The monoisotopic (exact) mass is 373 g/mol. The van der Waals surface area contributed by atoms with Crippen LogP contribution in [0.1, 0.15) is 38.3 Å². The largest absolute Gasteiger partial charge is 0.341 e. The van der Waals surface area contributed by atoms with Crippen molar-refractivity contribution in [3.8, 4) is 5.69 Å². The van der Waals surface area contributed by atoms with Crippen molar-refractivity contribution in [2.24, 2.45) is 11.8 Å². The van der Waals surface area contributed by atoms with Gasteiger partial charge in [-0.1, -0.05) is 37.7 Å². The van der Waals surface area contributed by atoms with Crippen LogP contribution in [0.25, 0.3) is 5.69 Å². The average Bonchev–Trinajstić information content (AvgIpc) is 3.03. The zero-order valence-corrected chi connectivity index (χ0v) is 17.0. The maximum Gasteiger partial charge on any atom is 0.235 e. The molecule has 1 aromatic carbocycles. The number of thioether (sulfide) groups is 1. The van der Waals surface area contributed by atoms with Crippen LogP contribution in [0.15, 0.2) is 23.4 Å². The van der Waals surface area contributed by atoms with Gasteiger partial charge in [-0.3, -0.25) is 4.79 Å². The number of amides is 1. The number of likely N-dealkylation sites (tertiary alicyclic amines) is 1. The summed E-state index contributed by atoms with van der Waals surface area (Å²) in [6.45, 7) is 12.2. The first-order chi connectivity index (χ1) is 12.4. The quantitative estimate of drug-likeness (QED) is 0.770. The third-order valence-electron chi connectivity index (χ3n) is 5.06. The number of rotatable bonds is 4. The van der Waals surface area contributed by atoms with E-state index in [1.165, 1.54) is 23.7 Å². The Hall–Kier alpha value is -1.89. The minimum absolute atomic E-state index is 0.170. The molecule has 0 N–H and O–H groups in total. The Balaban J connectivity index is 1.76. The van der Waals surface area contributed by atoms with Gasteiger partial charge < -0.3 is 4.90 Å². The number of tetrazole rings is 1. The third kappa shape index (κ3) is 3.92. The van der Waals surface area contributed by atoms with Gasteiger partial charge in [0.1, 0.15) is 0 Å². The van der Waals surface area contributed by atoms with Crippen molar-refractivity contribution >= 4 is 17.7 Å². The molecule has 2 aromatic rings. The first kappa shape index (κ1) is 18.9. The molecule has 3 atom stereocenters. The Bertz CT molecular complexity index is 780. The van der Waals surface area contributed by atoms with Gasteiger partial charge in [-0.25, -0.2) is 0 Å². The molecule has 1 aliphatic rings. The van der Waals surface area contributed by atoms with Crippen LogP contribution in [0.4, 0.5) is 0 Å². The van der Waals surface area contributed by atoms with E-state index in [0.29, 0.717) is 17.0 Å². The molecule has 0 aliphatic carbocycles. The number of piperidine rings is 1. The maximum absolute atomic E-state index is 12.9. The zero-order valence-electron chi connectivity index (χ0n) is 16.1. The van der Waals surface area contributed by atoms with Gasteiger partial charge in [0.15, 0.2) is 0 Å². The summed E-state index contributed by atoms with van der Waals surface area (Å²) in [6.07, 6.45) is 1.19.